The molecule has 0 aliphatic rings. The summed E-state index contributed by atoms with van der Waals surface area (Å²) >= 11 is 0. The third kappa shape index (κ3) is 8.15. The molecule has 0 aliphatic carbocycles. The van der Waals surface area contributed by atoms with E-state index in [1.54, 1.807) is 48.5 Å². The summed E-state index contributed by atoms with van der Waals surface area (Å²) in [6.07, 6.45) is 12.4. The van der Waals surface area contributed by atoms with Crippen LogP contribution < -0.4 is 16.2 Å². The Morgan fingerprint density at radius 1 is 0.788 bits per heavy atom. The Morgan fingerprint density at radius 2 is 1.42 bits per heavy atom. The van der Waals surface area contributed by atoms with Gasteiger partial charge in [0.1, 0.15) is 11.5 Å². The zero-order valence-electron chi connectivity index (χ0n) is 19.4. The predicted molar refractivity (Wildman–Crippen MR) is 139 cm³/mol. The number of unbranched alkanes of at least 4 members (excludes halogenated alkanes) is 5. The van der Waals surface area contributed by atoms with Crippen molar-refractivity contribution in [1.82, 2.24) is 0 Å². The number of carbonyl (C=O) groups excluding carboxylic acids is 1. The number of nitrogens with two attached hydrogens (primary N) is 2. The fourth-order valence-electron chi connectivity index (χ4n) is 3.70. The molecule has 4 N–H and O–H groups in total. The molecular weight excluding hydrogens is 408 g/mol. The van der Waals surface area contributed by atoms with E-state index in [2.05, 4.69) is 31.2 Å². The SMILES string of the molecule is CCCCCCCCc1ccc(/C=C/C(=O)c2ccc(Oc3cc(N)cc(N)c3)cc2)cc1. The van der Waals surface area contributed by atoms with Gasteiger partial charge in [-0.05, 0) is 60.4 Å². The van der Waals surface area contributed by atoms with Crippen LogP contribution in [0.25, 0.3) is 6.08 Å². The second-order valence-electron chi connectivity index (χ2n) is 8.42. The van der Waals surface area contributed by atoms with Gasteiger partial charge in [0.25, 0.3) is 0 Å². The van der Waals surface area contributed by atoms with Gasteiger partial charge in [0.2, 0.25) is 0 Å². The van der Waals surface area contributed by atoms with E-state index in [4.69, 9.17) is 16.2 Å². The number of hydrogen-bond donors (Lipinski definition) is 2. The van der Waals surface area contributed by atoms with E-state index in [0.29, 0.717) is 28.4 Å². The molecule has 0 atom stereocenters. The molecule has 0 aliphatic heterocycles. The van der Waals surface area contributed by atoms with Crippen LogP contribution >= 0.6 is 0 Å². The number of hydrogen-bond acceptors (Lipinski definition) is 4. The molecule has 3 rings (SSSR count). The lowest BCUT2D eigenvalue weighted by Crippen LogP contribution is -1.95. The Morgan fingerprint density at radius 3 is 2.09 bits per heavy atom. The molecule has 3 aromatic carbocycles. The van der Waals surface area contributed by atoms with Crippen molar-refractivity contribution >= 4 is 23.2 Å². The maximum Gasteiger partial charge on any atom is 0.185 e. The summed E-state index contributed by atoms with van der Waals surface area (Å²) in [6, 6.07) is 20.6. The molecule has 0 unspecified atom stereocenters. The highest BCUT2D eigenvalue weighted by Gasteiger charge is 2.04. The number of ether oxygens (including phenoxy) is 1. The summed E-state index contributed by atoms with van der Waals surface area (Å²) in [5.74, 6) is 1.12. The molecule has 0 saturated heterocycles. The molecule has 3 aromatic rings. The Bertz CT molecular complexity index is 1030. The number of ketones is 1. The van der Waals surface area contributed by atoms with Gasteiger partial charge in [-0.3, -0.25) is 4.79 Å². The van der Waals surface area contributed by atoms with Crippen LogP contribution in [0.3, 0.4) is 0 Å². The number of benzene rings is 3. The number of carbonyl (C=O) groups is 1. The van der Waals surface area contributed by atoms with E-state index >= 15 is 0 Å². The molecule has 0 radical (unpaired) electrons. The van der Waals surface area contributed by atoms with Gasteiger partial charge in [-0.1, -0.05) is 69.4 Å². The molecule has 0 heterocycles. The van der Waals surface area contributed by atoms with E-state index in [9.17, 15) is 4.79 Å². The first kappa shape index (κ1) is 24.1. The quantitative estimate of drug-likeness (QED) is 0.132. The van der Waals surface area contributed by atoms with Gasteiger partial charge in [-0.15, -0.1) is 0 Å². The molecule has 0 amide bonds. The minimum atomic E-state index is -0.0501. The Hall–Kier alpha value is -3.53. The summed E-state index contributed by atoms with van der Waals surface area (Å²) in [5, 5.41) is 0. The fraction of sp³-hybridized carbons (Fsp3) is 0.276. The first-order valence-electron chi connectivity index (χ1n) is 11.8. The van der Waals surface area contributed by atoms with Crippen LogP contribution in [0.5, 0.6) is 11.5 Å². The molecule has 0 bridgehead atoms. The zero-order chi connectivity index (χ0) is 23.5. The van der Waals surface area contributed by atoms with Crippen LogP contribution in [-0.2, 0) is 6.42 Å². The lowest BCUT2D eigenvalue weighted by Gasteiger charge is -2.08. The van der Waals surface area contributed by atoms with Crippen molar-refractivity contribution in [3.05, 3.63) is 89.5 Å². The van der Waals surface area contributed by atoms with E-state index in [0.717, 1.165) is 12.0 Å². The van der Waals surface area contributed by atoms with E-state index in [1.165, 1.54) is 44.1 Å². The Labute approximate surface area is 197 Å². The molecule has 0 spiro atoms. The molecule has 0 aromatic heterocycles. The molecule has 172 valence electrons. The second kappa shape index (κ2) is 12.5. The lowest BCUT2D eigenvalue weighted by atomic mass is 10.0. The topological polar surface area (TPSA) is 78.3 Å². The Kier molecular flexibility index (Phi) is 9.13. The minimum Gasteiger partial charge on any atom is -0.457 e. The molecule has 4 nitrogen and oxygen atoms in total. The van der Waals surface area contributed by atoms with Gasteiger partial charge in [0.05, 0.1) is 0 Å². The standard InChI is InChI=1S/C29H34N2O2/c1-2-3-4-5-6-7-8-22-9-11-23(12-10-22)13-18-29(32)24-14-16-27(17-15-24)33-28-20-25(30)19-26(31)21-28/h9-21H,2-8,30-31H2,1H3/b18-13+. The number of nitrogen functional groups attached to an aromatic ring is 2. The number of anilines is 2. The Balaban J connectivity index is 1.49. The fourth-order valence-corrected chi connectivity index (χ4v) is 3.70. The maximum atomic E-state index is 12.5. The van der Waals surface area contributed by atoms with Crippen LogP contribution in [0.4, 0.5) is 11.4 Å². The molecular formula is C29H34N2O2. The molecule has 0 fully saturated rings. The lowest BCUT2D eigenvalue weighted by molar-refractivity contribution is 0.104. The van der Waals surface area contributed by atoms with Gasteiger partial charge < -0.3 is 16.2 Å². The van der Waals surface area contributed by atoms with Gasteiger partial charge in [0, 0.05) is 29.1 Å². The third-order valence-electron chi connectivity index (χ3n) is 5.55. The number of aryl methyl sites for hydroxylation is 1. The van der Waals surface area contributed by atoms with Crippen molar-refractivity contribution in [3.63, 3.8) is 0 Å². The second-order valence-corrected chi connectivity index (χ2v) is 8.42. The van der Waals surface area contributed by atoms with Crippen molar-refractivity contribution in [2.75, 3.05) is 11.5 Å². The average Bonchev–Trinajstić information content (AvgIpc) is 2.80. The summed E-state index contributed by atoms with van der Waals surface area (Å²) in [6.45, 7) is 2.25. The summed E-state index contributed by atoms with van der Waals surface area (Å²) < 4.78 is 5.78. The smallest absolute Gasteiger partial charge is 0.185 e. The molecule has 0 saturated carbocycles. The van der Waals surface area contributed by atoms with Crippen molar-refractivity contribution in [1.29, 1.82) is 0 Å². The summed E-state index contributed by atoms with van der Waals surface area (Å²) in [4.78, 5) is 12.5. The van der Waals surface area contributed by atoms with Gasteiger partial charge >= 0.3 is 0 Å². The van der Waals surface area contributed by atoms with Crippen LogP contribution in [-0.4, -0.2) is 5.78 Å². The van der Waals surface area contributed by atoms with Crippen LogP contribution in [0.1, 0.15) is 66.9 Å². The first-order chi connectivity index (χ1) is 16.0. The minimum absolute atomic E-state index is 0.0501. The van der Waals surface area contributed by atoms with Gasteiger partial charge in [0.15, 0.2) is 5.78 Å². The van der Waals surface area contributed by atoms with Crippen molar-refractivity contribution in [3.8, 4) is 11.5 Å². The predicted octanol–water partition coefficient (Wildman–Crippen LogP) is 7.44. The molecule has 33 heavy (non-hydrogen) atoms. The number of allylic oxidation sites excluding steroid dienone is 1. The largest absolute Gasteiger partial charge is 0.457 e. The molecule has 4 heteroatoms. The first-order valence-corrected chi connectivity index (χ1v) is 11.8. The van der Waals surface area contributed by atoms with E-state index < -0.39 is 0 Å². The van der Waals surface area contributed by atoms with Crippen LogP contribution in [0.15, 0.2) is 72.8 Å². The highest BCUT2D eigenvalue weighted by atomic mass is 16.5. The van der Waals surface area contributed by atoms with Crippen molar-refractivity contribution in [2.24, 2.45) is 0 Å². The van der Waals surface area contributed by atoms with Gasteiger partial charge in [-0.25, -0.2) is 0 Å². The van der Waals surface area contributed by atoms with E-state index in [-0.39, 0.29) is 5.78 Å². The van der Waals surface area contributed by atoms with Gasteiger partial charge in [-0.2, -0.15) is 0 Å². The van der Waals surface area contributed by atoms with Crippen LogP contribution in [0.2, 0.25) is 0 Å². The van der Waals surface area contributed by atoms with Crippen molar-refractivity contribution in [2.45, 2.75) is 51.9 Å². The van der Waals surface area contributed by atoms with E-state index in [1.807, 2.05) is 6.08 Å². The summed E-state index contributed by atoms with van der Waals surface area (Å²) in [7, 11) is 0. The maximum absolute atomic E-state index is 12.5. The zero-order valence-corrected chi connectivity index (χ0v) is 19.4. The highest BCUT2D eigenvalue weighted by molar-refractivity contribution is 6.06. The third-order valence-corrected chi connectivity index (χ3v) is 5.55. The van der Waals surface area contributed by atoms with Crippen LogP contribution in [0, 0.1) is 0 Å². The normalized spacial score (nSPS) is 11.1. The summed E-state index contributed by atoms with van der Waals surface area (Å²) in [5.41, 5.74) is 15.6. The number of rotatable bonds is 12. The monoisotopic (exact) mass is 442 g/mol. The average molecular weight is 443 g/mol. The van der Waals surface area contributed by atoms with Crippen molar-refractivity contribution < 1.29 is 9.53 Å². The highest BCUT2D eigenvalue weighted by Crippen LogP contribution is 2.26.